The molecule has 10 nitrogen and oxygen atoms in total. The lowest BCUT2D eigenvalue weighted by atomic mass is 9.86. The molecule has 2 fully saturated rings. The van der Waals surface area contributed by atoms with Crippen molar-refractivity contribution in [3.8, 4) is 0 Å². The normalized spacial score (nSPS) is 21.8. The molecule has 44 heavy (non-hydrogen) atoms. The first-order valence-electron chi connectivity index (χ1n) is 14.0. The second-order valence-corrected chi connectivity index (χ2v) is 11.5. The number of nitrogens with zero attached hydrogens (tertiary/aromatic N) is 1. The number of H-pyrrole nitrogens is 2. The van der Waals surface area contributed by atoms with Gasteiger partial charge in [-0.2, -0.15) is 10.3 Å². The average molecular weight is 651 g/mol. The molecular weight excluding hydrogens is 621 g/mol. The maximum Gasteiger partial charge on any atom is 0.409 e. The van der Waals surface area contributed by atoms with Crippen LogP contribution in [0, 0.1) is 11.6 Å². The van der Waals surface area contributed by atoms with Gasteiger partial charge in [0.25, 0.3) is 11.1 Å². The van der Waals surface area contributed by atoms with Crippen molar-refractivity contribution < 1.29 is 27.4 Å². The van der Waals surface area contributed by atoms with Crippen LogP contribution in [0.4, 0.5) is 13.6 Å². The summed E-state index contributed by atoms with van der Waals surface area (Å²) >= 11 is 12.3. The van der Waals surface area contributed by atoms with Gasteiger partial charge in [0, 0.05) is 46.6 Å². The number of carbonyl (C=O) groups is 1. The molecule has 234 valence electrons. The van der Waals surface area contributed by atoms with Gasteiger partial charge in [0.05, 0.1) is 13.2 Å². The van der Waals surface area contributed by atoms with Gasteiger partial charge >= 0.3 is 6.09 Å². The number of rotatable bonds is 4. The van der Waals surface area contributed by atoms with E-state index in [1.165, 1.54) is 43.5 Å². The van der Waals surface area contributed by atoms with E-state index in [1.807, 2.05) is 0 Å². The van der Waals surface area contributed by atoms with E-state index >= 15 is 0 Å². The Morgan fingerprint density at radius 3 is 1.95 bits per heavy atom. The minimum absolute atomic E-state index is 0.0297. The van der Waals surface area contributed by atoms with Crippen molar-refractivity contribution in [3.63, 3.8) is 0 Å². The maximum absolute atomic E-state index is 13.3. The van der Waals surface area contributed by atoms with Gasteiger partial charge in [-0.25, -0.2) is 13.6 Å². The Kier molecular flexibility index (Phi) is 9.92. The van der Waals surface area contributed by atoms with Gasteiger partial charge in [-0.05, 0) is 67.6 Å². The summed E-state index contributed by atoms with van der Waals surface area (Å²) in [5.74, 6) is 0.505. The minimum atomic E-state index is -0.477. The second kappa shape index (κ2) is 13.8. The Bertz CT molecular complexity index is 1720. The van der Waals surface area contributed by atoms with Gasteiger partial charge in [0.15, 0.2) is 0 Å². The summed E-state index contributed by atoms with van der Waals surface area (Å²) in [6.45, 7) is 1.20. The predicted molar refractivity (Wildman–Crippen MR) is 158 cm³/mol. The van der Waals surface area contributed by atoms with Crippen molar-refractivity contribution in [2.45, 2.75) is 49.6 Å². The number of hydrogen-bond donors (Lipinski definition) is 3. The number of benzene rings is 2. The Labute approximate surface area is 260 Å². The monoisotopic (exact) mass is 650 g/mol. The van der Waals surface area contributed by atoms with Crippen molar-refractivity contribution in [3.05, 3.63) is 114 Å². The van der Waals surface area contributed by atoms with Crippen LogP contribution >= 0.6 is 23.2 Å². The van der Waals surface area contributed by atoms with Crippen molar-refractivity contribution >= 4 is 29.3 Å². The molecule has 2 aromatic carbocycles. The maximum atomic E-state index is 13.3. The molecule has 0 radical (unpaired) electrons. The SMILES string of the molecule is COC(=O)N1CC[C@H](c2cc(=O)[nH]o2)C[C@@H]1c1ccc(F)cc1Cl.O=c1cc([C@H]2CCN[C@@H](c3ccc(F)cc3Cl)C2)o[nH]1. The highest BCUT2D eigenvalue weighted by atomic mass is 35.5. The van der Waals surface area contributed by atoms with Gasteiger partial charge in [0.2, 0.25) is 0 Å². The molecular formula is C30H30Cl2F2N4O6. The highest BCUT2D eigenvalue weighted by molar-refractivity contribution is 6.31. The number of amides is 1. The topological polar surface area (TPSA) is 134 Å². The number of nitrogens with one attached hydrogen (secondary N) is 3. The van der Waals surface area contributed by atoms with Crippen LogP contribution < -0.4 is 16.4 Å². The van der Waals surface area contributed by atoms with Crippen LogP contribution in [0.5, 0.6) is 0 Å². The first-order chi connectivity index (χ1) is 21.1. The molecule has 2 aromatic heterocycles. The molecule has 0 bridgehead atoms. The van der Waals surface area contributed by atoms with Gasteiger partial charge in [-0.15, -0.1) is 0 Å². The standard InChI is InChI=1S/C16H16ClFN2O4.C14H14ClFN2O2/c1-23-16(22)20-5-4-9(14-8-15(21)19-24-14)6-13(20)11-3-2-10(18)7-12(11)17;15-11-6-9(16)1-2-10(11)12-5-8(3-4-17-12)13-7-14(19)18-20-13/h2-3,7-9,13H,4-6H2,1H3,(H,19,21);1-2,6-8,12,17H,3-5H2,(H,18,19)/t9-,13+;8-,12+/m00/s1. The predicted octanol–water partition coefficient (Wildman–Crippen LogP) is 6.42. The number of halogens is 4. The van der Waals surface area contributed by atoms with E-state index in [1.54, 1.807) is 17.0 Å². The number of methoxy groups -OCH3 is 1. The molecule has 14 heteroatoms. The third kappa shape index (κ3) is 7.25. The molecule has 6 rings (SSSR count). The summed E-state index contributed by atoms with van der Waals surface area (Å²) in [6, 6.07) is 11.0. The first-order valence-corrected chi connectivity index (χ1v) is 14.7. The number of likely N-dealkylation sites (tertiary alicyclic amines) is 1. The average Bonchev–Trinajstić information content (AvgIpc) is 3.65. The Balaban J connectivity index is 0.000000177. The highest BCUT2D eigenvalue weighted by Gasteiger charge is 2.36. The molecule has 0 unspecified atom stereocenters. The fourth-order valence-corrected chi connectivity index (χ4v) is 6.41. The lowest BCUT2D eigenvalue weighted by molar-refractivity contribution is 0.0815. The third-order valence-corrected chi connectivity index (χ3v) is 8.62. The van der Waals surface area contributed by atoms with Crippen molar-refractivity contribution in [2.75, 3.05) is 20.2 Å². The second-order valence-electron chi connectivity index (χ2n) is 10.7. The zero-order valence-electron chi connectivity index (χ0n) is 23.6. The lowest BCUT2D eigenvalue weighted by Crippen LogP contribution is -2.40. The van der Waals surface area contributed by atoms with E-state index in [0.717, 1.165) is 24.9 Å². The Morgan fingerprint density at radius 1 is 0.864 bits per heavy atom. The summed E-state index contributed by atoms with van der Waals surface area (Å²) in [6.07, 6.45) is 2.27. The summed E-state index contributed by atoms with van der Waals surface area (Å²) in [4.78, 5) is 36.1. The third-order valence-electron chi connectivity index (χ3n) is 7.97. The largest absolute Gasteiger partial charge is 0.453 e. The molecule has 3 N–H and O–H groups in total. The van der Waals surface area contributed by atoms with E-state index in [0.29, 0.717) is 41.5 Å². The van der Waals surface area contributed by atoms with E-state index in [9.17, 15) is 23.2 Å². The van der Waals surface area contributed by atoms with Crippen LogP contribution in [0.1, 0.15) is 72.3 Å². The number of aromatic nitrogens is 2. The summed E-state index contributed by atoms with van der Waals surface area (Å²) in [7, 11) is 1.31. The van der Waals surface area contributed by atoms with Crippen LogP contribution in [0.25, 0.3) is 0 Å². The van der Waals surface area contributed by atoms with E-state index in [2.05, 4.69) is 15.6 Å². The fourth-order valence-electron chi connectivity index (χ4n) is 5.82. The summed E-state index contributed by atoms with van der Waals surface area (Å²) < 4.78 is 41.7. The van der Waals surface area contributed by atoms with Crippen molar-refractivity contribution in [1.82, 2.24) is 20.5 Å². The van der Waals surface area contributed by atoms with E-state index in [-0.39, 0.29) is 39.8 Å². The zero-order chi connectivity index (χ0) is 31.4. The molecule has 2 aliphatic rings. The van der Waals surface area contributed by atoms with Crippen LogP contribution in [-0.2, 0) is 4.74 Å². The Morgan fingerprint density at radius 2 is 1.43 bits per heavy atom. The van der Waals surface area contributed by atoms with Crippen LogP contribution in [0.3, 0.4) is 0 Å². The number of carbonyl (C=O) groups excluding carboxylic acids is 1. The zero-order valence-corrected chi connectivity index (χ0v) is 25.1. The van der Waals surface area contributed by atoms with Crippen molar-refractivity contribution in [2.24, 2.45) is 0 Å². The van der Waals surface area contributed by atoms with E-state index < -0.39 is 18.0 Å². The van der Waals surface area contributed by atoms with E-state index in [4.69, 9.17) is 37.0 Å². The molecule has 2 aliphatic heterocycles. The first kappa shape index (κ1) is 31.6. The number of hydrogen-bond acceptors (Lipinski definition) is 7. The van der Waals surface area contributed by atoms with Gasteiger partial charge in [-0.1, -0.05) is 35.3 Å². The molecule has 2 saturated heterocycles. The quantitative estimate of drug-likeness (QED) is 0.232. The molecule has 0 spiro atoms. The van der Waals surface area contributed by atoms with Gasteiger partial charge < -0.3 is 24.0 Å². The molecule has 4 aromatic rings. The van der Waals surface area contributed by atoms with Crippen molar-refractivity contribution in [1.29, 1.82) is 0 Å². The molecule has 0 aliphatic carbocycles. The molecule has 0 saturated carbocycles. The Hall–Kier alpha value is -3.87. The van der Waals surface area contributed by atoms with Crippen LogP contribution in [0.15, 0.2) is 67.2 Å². The molecule has 4 heterocycles. The summed E-state index contributed by atoms with van der Waals surface area (Å²) in [5.41, 5.74) is 0.966. The number of aromatic amines is 2. The smallest absolute Gasteiger partial charge is 0.409 e. The number of ether oxygens (including phenoxy) is 1. The summed E-state index contributed by atoms with van der Waals surface area (Å²) in [5, 5.41) is 8.61. The highest BCUT2D eigenvalue weighted by Crippen LogP contribution is 2.41. The minimum Gasteiger partial charge on any atom is -0.453 e. The molecule has 1 amide bonds. The number of piperidine rings is 2. The fraction of sp³-hybridized carbons (Fsp3) is 0.367. The lowest BCUT2D eigenvalue weighted by Gasteiger charge is -2.38. The van der Waals surface area contributed by atoms with Crippen LogP contribution in [0.2, 0.25) is 10.0 Å². The molecule has 4 atom stereocenters. The van der Waals surface area contributed by atoms with Crippen LogP contribution in [-0.4, -0.2) is 41.5 Å². The van der Waals surface area contributed by atoms with Gasteiger partial charge in [-0.3, -0.25) is 9.59 Å². The van der Waals surface area contributed by atoms with Gasteiger partial charge in [0.1, 0.15) is 23.2 Å².